The summed E-state index contributed by atoms with van der Waals surface area (Å²) in [6, 6.07) is 9.16. The highest BCUT2D eigenvalue weighted by molar-refractivity contribution is 5.67. The monoisotopic (exact) mass is 261 g/mol. The fraction of sp³-hybridized carbons (Fsp3) is 0.562. The summed E-state index contributed by atoms with van der Waals surface area (Å²) in [6.07, 6.45) is 4.62. The van der Waals surface area contributed by atoms with E-state index in [1.165, 1.54) is 11.1 Å². The van der Waals surface area contributed by atoms with Crippen molar-refractivity contribution in [3.05, 3.63) is 35.4 Å². The van der Waals surface area contributed by atoms with Gasteiger partial charge in [-0.05, 0) is 44.1 Å². The number of hydrogen-bond donors (Lipinski definition) is 2. The Kier molecular flexibility index (Phi) is 4.97. The summed E-state index contributed by atoms with van der Waals surface area (Å²) in [6.45, 7) is 3.01. The summed E-state index contributed by atoms with van der Waals surface area (Å²) in [4.78, 5) is 10.7. The number of carboxylic acids is 1. The average molecular weight is 261 g/mol. The van der Waals surface area contributed by atoms with E-state index in [2.05, 4.69) is 36.5 Å². The molecule has 104 valence electrons. The molecule has 1 aromatic carbocycles. The Bertz CT molecular complexity index is 405. The number of aryl methyl sites for hydroxylation is 1. The Morgan fingerprint density at radius 1 is 1.21 bits per heavy atom. The number of aliphatic carboxylic acids is 1. The highest BCUT2D eigenvalue weighted by Gasteiger charge is 2.22. The Morgan fingerprint density at radius 3 is 2.42 bits per heavy atom. The van der Waals surface area contributed by atoms with Crippen molar-refractivity contribution in [2.24, 2.45) is 5.92 Å². The van der Waals surface area contributed by atoms with Crippen molar-refractivity contribution in [3.8, 4) is 0 Å². The second-order valence-electron chi connectivity index (χ2n) is 5.68. The van der Waals surface area contributed by atoms with E-state index in [0.717, 1.165) is 32.2 Å². The van der Waals surface area contributed by atoms with Gasteiger partial charge in [-0.1, -0.05) is 29.8 Å². The first-order valence-corrected chi connectivity index (χ1v) is 7.14. The molecule has 0 atom stereocenters. The summed E-state index contributed by atoms with van der Waals surface area (Å²) in [7, 11) is 0. The maximum Gasteiger partial charge on any atom is 0.303 e. The molecule has 0 unspecified atom stereocenters. The van der Waals surface area contributed by atoms with Crippen LogP contribution in [-0.4, -0.2) is 17.1 Å². The van der Waals surface area contributed by atoms with E-state index in [4.69, 9.17) is 5.11 Å². The highest BCUT2D eigenvalue weighted by atomic mass is 16.4. The van der Waals surface area contributed by atoms with Crippen LogP contribution in [0.5, 0.6) is 0 Å². The lowest BCUT2D eigenvalue weighted by Crippen LogP contribution is -2.33. The molecule has 2 N–H and O–H groups in total. The molecule has 0 saturated heterocycles. The molecule has 19 heavy (non-hydrogen) atoms. The molecule has 3 heteroatoms. The summed E-state index contributed by atoms with van der Waals surface area (Å²) < 4.78 is 0. The molecule has 0 spiro atoms. The van der Waals surface area contributed by atoms with E-state index in [9.17, 15) is 4.79 Å². The van der Waals surface area contributed by atoms with Gasteiger partial charge in [0.2, 0.25) is 0 Å². The molecule has 0 aromatic heterocycles. The van der Waals surface area contributed by atoms with Crippen molar-refractivity contribution < 1.29 is 9.90 Å². The third kappa shape index (κ3) is 4.67. The van der Waals surface area contributed by atoms with E-state index in [1.54, 1.807) is 0 Å². The average Bonchev–Trinajstić information content (AvgIpc) is 2.39. The zero-order valence-corrected chi connectivity index (χ0v) is 11.6. The van der Waals surface area contributed by atoms with E-state index >= 15 is 0 Å². The van der Waals surface area contributed by atoms with Crippen molar-refractivity contribution in [3.63, 3.8) is 0 Å². The van der Waals surface area contributed by atoms with Gasteiger partial charge in [0, 0.05) is 19.0 Å². The maximum absolute atomic E-state index is 10.7. The van der Waals surface area contributed by atoms with Gasteiger partial charge in [-0.2, -0.15) is 0 Å². The third-order valence-corrected chi connectivity index (χ3v) is 4.03. The van der Waals surface area contributed by atoms with Gasteiger partial charge in [0.05, 0.1) is 0 Å². The van der Waals surface area contributed by atoms with Crippen LogP contribution in [0.4, 0.5) is 0 Å². The summed E-state index contributed by atoms with van der Waals surface area (Å²) in [5.41, 5.74) is 2.61. The lowest BCUT2D eigenvalue weighted by Gasteiger charge is -2.28. The fourth-order valence-electron chi connectivity index (χ4n) is 2.79. The lowest BCUT2D eigenvalue weighted by molar-refractivity contribution is -0.138. The van der Waals surface area contributed by atoms with Crippen molar-refractivity contribution >= 4 is 5.97 Å². The lowest BCUT2D eigenvalue weighted by atomic mass is 9.84. The minimum atomic E-state index is -0.656. The number of carboxylic acid groups (broad SMARTS) is 1. The fourth-order valence-corrected chi connectivity index (χ4v) is 2.79. The first-order chi connectivity index (χ1) is 9.13. The quantitative estimate of drug-likeness (QED) is 0.856. The van der Waals surface area contributed by atoms with Crippen molar-refractivity contribution in [1.29, 1.82) is 0 Å². The van der Waals surface area contributed by atoms with Gasteiger partial charge in [0.1, 0.15) is 0 Å². The smallest absolute Gasteiger partial charge is 0.303 e. The molecule has 1 saturated carbocycles. The molecule has 1 aliphatic carbocycles. The largest absolute Gasteiger partial charge is 0.481 e. The van der Waals surface area contributed by atoms with Gasteiger partial charge >= 0.3 is 5.97 Å². The molecule has 1 fully saturated rings. The molecule has 0 amide bonds. The van der Waals surface area contributed by atoms with Crippen LogP contribution < -0.4 is 5.32 Å². The maximum atomic E-state index is 10.7. The minimum absolute atomic E-state index is 0.338. The van der Waals surface area contributed by atoms with Crippen LogP contribution in [0.2, 0.25) is 0 Å². The van der Waals surface area contributed by atoms with Gasteiger partial charge in [0.25, 0.3) is 0 Å². The van der Waals surface area contributed by atoms with Gasteiger partial charge in [-0.15, -0.1) is 0 Å². The zero-order valence-electron chi connectivity index (χ0n) is 11.6. The molecular weight excluding hydrogens is 238 g/mol. The van der Waals surface area contributed by atoms with Crippen LogP contribution in [0.1, 0.15) is 43.2 Å². The van der Waals surface area contributed by atoms with Gasteiger partial charge in [0.15, 0.2) is 0 Å². The molecular formula is C16H23NO2. The highest BCUT2D eigenvalue weighted by Crippen LogP contribution is 2.26. The molecule has 0 bridgehead atoms. The van der Waals surface area contributed by atoms with Gasteiger partial charge in [-0.25, -0.2) is 0 Å². The SMILES string of the molecule is Cc1ccc(CNC2CCC(CC(=O)O)CC2)cc1. The van der Waals surface area contributed by atoms with Crippen LogP contribution in [0, 0.1) is 12.8 Å². The van der Waals surface area contributed by atoms with E-state index < -0.39 is 5.97 Å². The van der Waals surface area contributed by atoms with Crippen molar-refractivity contribution in [2.45, 2.75) is 51.6 Å². The molecule has 2 rings (SSSR count). The summed E-state index contributed by atoms with van der Waals surface area (Å²) >= 11 is 0. The number of rotatable bonds is 5. The number of carbonyl (C=O) groups is 1. The van der Waals surface area contributed by atoms with Crippen LogP contribution in [0.3, 0.4) is 0 Å². The van der Waals surface area contributed by atoms with Crippen LogP contribution >= 0.6 is 0 Å². The normalized spacial score (nSPS) is 23.2. The molecule has 1 aromatic rings. The summed E-state index contributed by atoms with van der Waals surface area (Å²) in [5.74, 6) is -0.272. The van der Waals surface area contributed by atoms with E-state index in [-0.39, 0.29) is 0 Å². The van der Waals surface area contributed by atoms with Gasteiger partial charge < -0.3 is 10.4 Å². The zero-order chi connectivity index (χ0) is 13.7. The number of hydrogen-bond acceptors (Lipinski definition) is 2. The predicted octanol–water partition coefficient (Wildman–Crippen LogP) is 3.12. The summed E-state index contributed by atoms with van der Waals surface area (Å²) in [5, 5.41) is 12.4. The standard InChI is InChI=1S/C16H23NO2/c1-12-2-4-14(5-3-12)11-17-15-8-6-13(7-9-15)10-16(18)19/h2-5,13,15,17H,6-11H2,1H3,(H,18,19). The van der Waals surface area contributed by atoms with Crippen molar-refractivity contribution in [1.82, 2.24) is 5.32 Å². The first-order valence-electron chi connectivity index (χ1n) is 7.14. The van der Waals surface area contributed by atoms with E-state index in [1.807, 2.05) is 0 Å². The molecule has 0 radical (unpaired) electrons. The molecule has 0 heterocycles. The third-order valence-electron chi connectivity index (χ3n) is 4.03. The molecule has 0 aliphatic heterocycles. The molecule has 1 aliphatic rings. The van der Waals surface area contributed by atoms with Crippen LogP contribution in [0.15, 0.2) is 24.3 Å². The topological polar surface area (TPSA) is 49.3 Å². The first kappa shape index (κ1) is 14.1. The Balaban J connectivity index is 1.71. The number of benzene rings is 1. The van der Waals surface area contributed by atoms with Gasteiger partial charge in [-0.3, -0.25) is 4.79 Å². The second kappa shape index (κ2) is 6.71. The Morgan fingerprint density at radius 2 is 1.84 bits per heavy atom. The number of nitrogens with one attached hydrogen (secondary N) is 1. The van der Waals surface area contributed by atoms with Crippen LogP contribution in [0.25, 0.3) is 0 Å². The Hall–Kier alpha value is -1.35. The second-order valence-corrected chi connectivity index (χ2v) is 5.68. The van der Waals surface area contributed by atoms with Crippen molar-refractivity contribution in [2.75, 3.05) is 0 Å². The van der Waals surface area contributed by atoms with Crippen LogP contribution in [-0.2, 0) is 11.3 Å². The minimum Gasteiger partial charge on any atom is -0.481 e. The predicted molar refractivity (Wildman–Crippen MR) is 76.0 cm³/mol. The molecule has 3 nitrogen and oxygen atoms in total. The Labute approximate surface area is 115 Å². The van der Waals surface area contributed by atoms with E-state index in [0.29, 0.717) is 18.4 Å².